The molecule has 1 N–H and O–H groups in total. The van der Waals surface area contributed by atoms with Gasteiger partial charge in [-0.05, 0) is 20.8 Å². The molecule has 1 fully saturated rings. The number of nitrogens with zero attached hydrogens (tertiary/aromatic N) is 1. The maximum atomic E-state index is 12.1. The van der Waals surface area contributed by atoms with E-state index in [2.05, 4.69) is 10.8 Å². The normalized spacial score (nSPS) is 27.2. The predicted molar refractivity (Wildman–Crippen MR) is 68.1 cm³/mol. The number of hydrogen-bond acceptors (Lipinski definition) is 5. The van der Waals surface area contributed by atoms with Crippen molar-refractivity contribution < 1.29 is 24.4 Å². The van der Waals surface area contributed by atoms with Gasteiger partial charge in [0.05, 0.1) is 19.7 Å². The number of rotatable bonds is 3. The summed E-state index contributed by atoms with van der Waals surface area (Å²) in [6, 6.07) is -0.379. The van der Waals surface area contributed by atoms with Gasteiger partial charge in [0.25, 0.3) is 0 Å². The number of β-amino-alcohol motifs (C(OH)–C–C–N with tert-alkyl or cyclic N) is 1. The van der Waals surface area contributed by atoms with Crippen LogP contribution in [0, 0.1) is 12.3 Å². The van der Waals surface area contributed by atoms with Gasteiger partial charge in [-0.3, -0.25) is 4.90 Å². The fourth-order valence-corrected chi connectivity index (χ4v) is 1.91. The molecule has 1 unspecified atom stereocenters. The first-order valence-electron chi connectivity index (χ1n) is 6.06. The lowest BCUT2D eigenvalue weighted by atomic mass is 10.0. The summed E-state index contributed by atoms with van der Waals surface area (Å²) in [6.07, 6.45) is 5.00. The molecule has 6 heteroatoms. The Morgan fingerprint density at radius 2 is 2.21 bits per heavy atom. The molecule has 6 nitrogen and oxygen atoms in total. The Bertz CT molecular complexity index is 370. The molecule has 0 aromatic heterocycles. The highest BCUT2D eigenvalue weighted by Crippen LogP contribution is 2.28. The highest BCUT2D eigenvalue weighted by Gasteiger charge is 2.45. The summed E-state index contributed by atoms with van der Waals surface area (Å²) in [5.74, 6) is 2.30. The van der Waals surface area contributed by atoms with Crippen LogP contribution in [0.5, 0.6) is 0 Å². The van der Waals surface area contributed by atoms with Crippen LogP contribution in [0.4, 0.5) is 4.79 Å². The van der Waals surface area contributed by atoms with Crippen molar-refractivity contribution in [2.45, 2.75) is 44.4 Å². The van der Waals surface area contributed by atoms with E-state index in [1.807, 2.05) is 0 Å². The molecule has 0 aromatic carbocycles. The third-order valence-electron chi connectivity index (χ3n) is 2.72. The summed E-state index contributed by atoms with van der Waals surface area (Å²) < 4.78 is 5.28. The van der Waals surface area contributed by atoms with E-state index in [9.17, 15) is 9.90 Å². The molecule has 1 saturated heterocycles. The number of amides is 1. The predicted octanol–water partition coefficient (Wildman–Crippen LogP) is 0.938. The van der Waals surface area contributed by atoms with Gasteiger partial charge in [-0.15, -0.1) is 6.42 Å². The Balaban J connectivity index is 2.77. The molecule has 2 atom stereocenters. The van der Waals surface area contributed by atoms with Crippen LogP contribution in [-0.4, -0.2) is 53.6 Å². The van der Waals surface area contributed by atoms with Crippen LogP contribution in [0.2, 0.25) is 0 Å². The fourth-order valence-electron chi connectivity index (χ4n) is 1.91. The smallest absolute Gasteiger partial charge is 0.410 e. The van der Waals surface area contributed by atoms with Crippen molar-refractivity contribution in [1.82, 2.24) is 4.90 Å². The van der Waals surface area contributed by atoms with Crippen LogP contribution < -0.4 is 0 Å². The number of aliphatic hydroxyl groups is 1. The van der Waals surface area contributed by atoms with Gasteiger partial charge in [-0.1, -0.05) is 5.92 Å². The third-order valence-corrected chi connectivity index (χ3v) is 2.72. The lowest BCUT2D eigenvalue weighted by molar-refractivity contribution is -0.278. The molecule has 1 amide bonds. The summed E-state index contributed by atoms with van der Waals surface area (Å²) >= 11 is 0. The summed E-state index contributed by atoms with van der Waals surface area (Å²) in [6.45, 7) is 5.47. The zero-order valence-electron chi connectivity index (χ0n) is 11.8. The lowest BCUT2D eigenvalue weighted by Crippen LogP contribution is -2.42. The number of carbonyl (C=O) groups is 1. The van der Waals surface area contributed by atoms with E-state index in [1.165, 1.54) is 12.0 Å². The zero-order chi connectivity index (χ0) is 14.7. The number of likely N-dealkylation sites (tertiary alicyclic amines) is 1. The molecule has 0 aromatic rings. The molecular formula is C13H21NO5. The maximum Gasteiger partial charge on any atom is 0.410 e. The van der Waals surface area contributed by atoms with Crippen LogP contribution in [0.15, 0.2) is 0 Å². The van der Waals surface area contributed by atoms with Crippen molar-refractivity contribution >= 4 is 6.09 Å². The van der Waals surface area contributed by atoms with Crippen molar-refractivity contribution in [3.63, 3.8) is 0 Å². The second-order valence-corrected chi connectivity index (χ2v) is 5.59. The molecule has 108 valence electrons. The molecule has 0 radical (unpaired) electrons. The van der Waals surface area contributed by atoms with Gasteiger partial charge < -0.3 is 9.84 Å². The number of carbonyl (C=O) groups excluding carboxylic acids is 1. The first-order chi connectivity index (χ1) is 8.71. The minimum atomic E-state index is -1.35. The van der Waals surface area contributed by atoms with Crippen LogP contribution in [-0.2, 0) is 14.5 Å². The van der Waals surface area contributed by atoms with Gasteiger partial charge in [0.1, 0.15) is 17.8 Å². The van der Waals surface area contributed by atoms with Crippen LogP contribution in [0.1, 0.15) is 27.2 Å². The molecule has 0 bridgehead atoms. The largest absolute Gasteiger partial charge is 0.444 e. The molecule has 1 heterocycles. The maximum absolute atomic E-state index is 12.1. The number of ether oxygens (including phenoxy) is 1. The first-order valence-corrected chi connectivity index (χ1v) is 6.06. The highest BCUT2D eigenvalue weighted by molar-refractivity contribution is 5.69. The summed E-state index contributed by atoms with van der Waals surface area (Å²) in [4.78, 5) is 22.8. The molecule has 0 saturated carbocycles. The van der Waals surface area contributed by atoms with Crippen molar-refractivity contribution in [1.29, 1.82) is 0 Å². The monoisotopic (exact) mass is 271 g/mol. The van der Waals surface area contributed by atoms with Gasteiger partial charge in [0.2, 0.25) is 0 Å². The van der Waals surface area contributed by atoms with E-state index < -0.39 is 17.3 Å². The Kier molecular flexibility index (Phi) is 4.80. The SMILES string of the molecule is C#CC1(O)C[C@@H](COOC)N(C(=O)OC(C)(C)C)C1. The van der Waals surface area contributed by atoms with E-state index >= 15 is 0 Å². The Hall–Kier alpha value is -1.29. The molecule has 1 aliphatic rings. The molecule has 1 rings (SSSR count). The quantitative estimate of drug-likeness (QED) is 0.470. The van der Waals surface area contributed by atoms with Crippen molar-refractivity contribution in [3.05, 3.63) is 0 Å². The first kappa shape index (κ1) is 15.8. The van der Waals surface area contributed by atoms with E-state index in [4.69, 9.17) is 16.0 Å². The second-order valence-electron chi connectivity index (χ2n) is 5.59. The van der Waals surface area contributed by atoms with Crippen molar-refractivity contribution in [2.24, 2.45) is 0 Å². The minimum absolute atomic E-state index is 0.0240. The van der Waals surface area contributed by atoms with Gasteiger partial charge >= 0.3 is 6.09 Å². The average Bonchev–Trinajstić information content (AvgIpc) is 2.63. The molecule has 0 aliphatic carbocycles. The highest BCUT2D eigenvalue weighted by atomic mass is 17.2. The van der Waals surface area contributed by atoms with E-state index in [-0.39, 0.29) is 25.6 Å². The van der Waals surface area contributed by atoms with E-state index in [1.54, 1.807) is 20.8 Å². The van der Waals surface area contributed by atoms with Crippen molar-refractivity contribution in [3.8, 4) is 12.3 Å². The topological polar surface area (TPSA) is 68.2 Å². The second kappa shape index (κ2) is 5.78. The van der Waals surface area contributed by atoms with Gasteiger partial charge in [0, 0.05) is 6.42 Å². The minimum Gasteiger partial charge on any atom is -0.444 e. The lowest BCUT2D eigenvalue weighted by Gasteiger charge is -2.28. The fraction of sp³-hybridized carbons (Fsp3) is 0.769. The summed E-state index contributed by atoms with van der Waals surface area (Å²) in [5.41, 5.74) is -1.96. The van der Waals surface area contributed by atoms with Crippen LogP contribution in [0.3, 0.4) is 0 Å². The molecule has 1 aliphatic heterocycles. The Labute approximate surface area is 113 Å². The van der Waals surface area contributed by atoms with Crippen LogP contribution >= 0.6 is 0 Å². The van der Waals surface area contributed by atoms with Gasteiger partial charge in [0.15, 0.2) is 0 Å². The molecule has 19 heavy (non-hydrogen) atoms. The van der Waals surface area contributed by atoms with Gasteiger partial charge in [-0.2, -0.15) is 0 Å². The average molecular weight is 271 g/mol. The third kappa shape index (κ3) is 4.39. The van der Waals surface area contributed by atoms with E-state index in [0.29, 0.717) is 0 Å². The molecular weight excluding hydrogens is 250 g/mol. The van der Waals surface area contributed by atoms with Crippen molar-refractivity contribution in [2.75, 3.05) is 20.3 Å². The number of terminal acetylenes is 1. The van der Waals surface area contributed by atoms with Crippen LogP contribution in [0.25, 0.3) is 0 Å². The standard InChI is InChI=1S/C13H21NO5/c1-6-13(16)7-10(8-18-17-5)14(9-13)11(15)19-12(2,3)4/h1,10,16H,7-9H2,2-5H3/t10-,13?/m0/s1. The van der Waals surface area contributed by atoms with E-state index in [0.717, 1.165) is 0 Å². The molecule has 0 spiro atoms. The Morgan fingerprint density at radius 1 is 1.58 bits per heavy atom. The number of hydrogen-bond donors (Lipinski definition) is 1. The Morgan fingerprint density at radius 3 is 2.68 bits per heavy atom. The summed E-state index contributed by atoms with van der Waals surface area (Å²) in [7, 11) is 1.38. The summed E-state index contributed by atoms with van der Waals surface area (Å²) in [5, 5.41) is 10.1. The van der Waals surface area contributed by atoms with Gasteiger partial charge in [-0.25, -0.2) is 14.6 Å². The zero-order valence-corrected chi connectivity index (χ0v) is 11.8.